The number of hydrogen-bond donors (Lipinski definition) is 3. The fraction of sp³-hybridized carbons (Fsp3) is 0.360. The van der Waals surface area contributed by atoms with Gasteiger partial charge < -0.3 is 20.9 Å². The van der Waals surface area contributed by atoms with Crippen molar-refractivity contribution in [1.82, 2.24) is 4.90 Å². The second-order valence-corrected chi connectivity index (χ2v) is 8.92. The van der Waals surface area contributed by atoms with E-state index in [0.717, 1.165) is 12.8 Å². The number of carbonyl (C=O) groups is 2. The lowest BCUT2D eigenvalue weighted by atomic mass is 9.99. The molecule has 4 N–H and O–H groups in total. The minimum Gasteiger partial charge on any atom is -0.405 e. The first-order chi connectivity index (χ1) is 16.9. The Morgan fingerprint density at radius 3 is 2.64 bits per heavy atom. The van der Waals surface area contributed by atoms with Gasteiger partial charge in [0, 0.05) is 29.1 Å². The van der Waals surface area contributed by atoms with Crippen LogP contribution in [0.5, 0.6) is 5.75 Å². The zero-order valence-corrected chi connectivity index (χ0v) is 20.3. The van der Waals surface area contributed by atoms with E-state index in [9.17, 15) is 27.9 Å². The summed E-state index contributed by atoms with van der Waals surface area (Å²) in [7, 11) is 0. The van der Waals surface area contributed by atoms with Gasteiger partial charge in [-0.1, -0.05) is 42.3 Å². The summed E-state index contributed by atoms with van der Waals surface area (Å²) in [5.74, 6) is -1.13. The number of hydrogen-bond acceptors (Lipinski definition) is 6. The molecule has 1 aliphatic heterocycles. The number of nitrogens with one attached hydrogen (secondary N) is 1. The monoisotopic (exact) mass is 525 g/mol. The van der Waals surface area contributed by atoms with Gasteiger partial charge in [0.25, 0.3) is 0 Å². The maximum absolute atomic E-state index is 13.1. The molecule has 2 aromatic rings. The number of rotatable bonds is 8. The third-order valence-corrected chi connectivity index (χ3v) is 5.95. The van der Waals surface area contributed by atoms with E-state index in [2.05, 4.69) is 10.1 Å². The number of allylic oxidation sites excluding steroid dienone is 2. The lowest BCUT2D eigenvalue weighted by Crippen LogP contribution is -2.52. The molecule has 1 aliphatic rings. The predicted molar refractivity (Wildman–Crippen MR) is 130 cm³/mol. The Balaban J connectivity index is 1.75. The standard InChI is InChI=1S/C25H27ClF3N3O4/c1-15(30)12-17(33)14-23(34)32-11-5-4-7-21(32)24(35)31-16-9-10-18(20(26)13-16)19-6-2-3-8-22(19)36-25(27,28)29/h2-3,6,8-10,12-13,21,23,34H,4-5,7,11,14,30H2,1H3,(H,31,35). The van der Waals surface area contributed by atoms with Crippen LogP contribution < -0.4 is 15.8 Å². The van der Waals surface area contributed by atoms with E-state index in [0.29, 0.717) is 29.9 Å². The number of aliphatic hydroxyl groups is 1. The summed E-state index contributed by atoms with van der Waals surface area (Å²) in [5.41, 5.74) is 6.62. The van der Waals surface area contributed by atoms with Crippen LogP contribution in [0, 0.1) is 0 Å². The Morgan fingerprint density at radius 2 is 1.97 bits per heavy atom. The quantitative estimate of drug-likeness (QED) is 0.426. The lowest BCUT2D eigenvalue weighted by molar-refractivity contribution is -0.274. The maximum Gasteiger partial charge on any atom is 0.573 e. The lowest BCUT2D eigenvalue weighted by Gasteiger charge is -2.37. The third-order valence-electron chi connectivity index (χ3n) is 5.64. The number of para-hydroxylation sites is 1. The molecule has 194 valence electrons. The first-order valence-electron chi connectivity index (χ1n) is 11.3. The number of aliphatic hydroxyl groups excluding tert-OH is 1. The topological polar surface area (TPSA) is 105 Å². The van der Waals surface area contributed by atoms with Crippen molar-refractivity contribution in [3.63, 3.8) is 0 Å². The Morgan fingerprint density at radius 1 is 1.25 bits per heavy atom. The molecular formula is C25H27ClF3N3O4. The number of anilines is 1. The van der Waals surface area contributed by atoms with Crippen molar-refractivity contribution < 1.29 is 32.6 Å². The first-order valence-corrected chi connectivity index (χ1v) is 11.7. The van der Waals surface area contributed by atoms with Gasteiger partial charge in [-0.15, -0.1) is 13.2 Å². The SMILES string of the molecule is CC(N)=CC(=O)CC(O)N1CCCCC1C(=O)Nc1ccc(-c2ccccc2OC(F)(F)F)c(Cl)c1. The van der Waals surface area contributed by atoms with Gasteiger partial charge in [-0.05, 0) is 44.0 Å². The average Bonchev–Trinajstić information content (AvgIpc) is 2.78. The molecule has 1 saturated heterocycles. The number of likely N-dealkylation sites (tertiary alicyclic amines) is 1. The van der Waals surface area contributed by atoms with E-state index in [1.54, 1.807) is 17.9 Å². The summed E-state index contributed by atoms with van der Waals surface area (Å²) in [6, 6.07) is 9.37. The van der Waals surface area contributed by atoms with E-state index in [1.165, 1.54) is 42.5 Å². The van der Waals surface area contributed by atoms with Crippen molar-refractivity contribution >= 4 is 29.0 Å². The zero-order chi connectivity index (χ0) is 26.5. The minimum atomic E-state index is -4.86. The number of alkyl halides is 3. The number of nitrogens with zero attached hydrogens (tertiary/aromatic N) is 1. The molecule has 0 saturated carbocycles. The van der Waals surface area contributed by atoms with Crippen LogP contribution in [0.1, 0.15) is 32.6 Å². The van der Waals surface area contributed by atoms with Gasteiger partial charge in [0.05, 0.1) is 17.5 Å². The van der Waals surface area contributed by atoms with Gasteiger partial charge in [-0.3, -0.25) is 14.5 Å². The number of benzene rings is 2. The predicted octanol–water partition coefficient (Wildman–Crippen LogP) is 4.84. The highest BCUT2D eigenvalue weighted by Gasteiger charge is 2.34. The van der Waals surface area contributed by atoms with Gasteiger partial charge in [-0.2, -0.15) is 0 Å². The molecule has 0 bridgehead atoms. The number of ketones is 1. The minimum absolute atomic E-state index is 0.112. The first kappa shape index (κ1) is 27.5. The normalized spacial score (nSPS) is 17.9. The van der Waals surface area contributed by atoms with Crippen molar-refractivity contribution in [1.29, 1.82) is 0 Å². The largest absolute Gasteiger partial charge is 0.573 e. The van der Waals surface area contributed by atoms with E-state index in [1.807, 2.05) is 0 Å². The van der Waals surface area contributed by atoms with Crippen LogP contribution in [0.2, 0.25) is 5.02 Å². The van der Waals surface area contributed by atoms with Crippen LogP contribution in [-0.2, 0) is 9.59 Å². The molecule has 0 aliphatic carbocycles. The molecule has 2 unspecified atom stereocenters. The average molecular weight is 526 g/mol. The number of piperidine rings is 1. The maximum atomic E-state index is 13.1. The number of halogens is 4. The molecular weight excluding hydrogens is 499 g/mol. The summed E-state index contributed by atoms with van der Waals surface area (Å²) in [6.45, 7) is 2.01. The van der Waals surface area contributed by atoms with Crippen LogP contribution >= 0.6 is 11.6 Å². The van der Waals surface area contributed by atoms with Gasteiger partial charge in [0.2, 0.25) is 5.91 Å². The molecule has 0 spiro atoms. The molecule has 0 aromatic heterocycles. The van der Waals surface area contributed by atoms with E-state index >= 15 is 0 Å². The van der Waals surface area contributed by atoms with Gasteiger partial charge >= 0.3 is 6.36 Å². The fourth-order valence-corrected chi connectivity index (χ4v) is 4.42. The van der Waals surface area contributed by atoms with Crippen LogP contribution in [0.4, 0.5) is 18.9 Å². The van der Waals surface area contributed by atoms with Crippen molar-refractivity contribution in [2.24, 2.45) is 5.73 Å². The molecule has 1 fully saturated rings. The summed E-state index contributed by atoms with van der Waals surface area (Å²) >= 11 is 6.36. The molecule has 3 rings (SSSR count). The second-order valence-electron chi connectivity index (χ2n) is 8.52. The molecule has 2 atom stereocenters. The summed E-state index contributed by atoms with van der Waals surface area (Å²) < 4.78 is 42.5. The highest BCUT2D eigenvalue weighted by Crippen LogP contribution is 2.38. The number of carbonyl (C=O) groups excluding carboxylic acids is 2. The number of ether oxygens (including phenoxy) is 1. The summed E-state index contributed by atoms with van der Waals surface area (Å²) in [5, 5.41) is 13.5. The van der Waals surface area contributed by atoms with Crippen LogP contribution in [0.15, 0.2) is 54.2 Å². The Kier molecular flexibility index (Phi) is 8.99. The number of nitrogens with two attached hydrogens (primary N) is 1. The molecule has 1 amide bonds. The Bertz CT molecular complexity index is 1140. The molecule has 2 aromatic carbocycles. The van der Waals surface area contributed by atoms with Crippen molar-refractivity contribution in [2.45, 2.75) is 51.2 Å². The smallest absolute Gasteiger partial charge is 0.405 e. The van der Waals surface area contributed by atoms with E-state index < -0.39 is 30.3 Å². The molecule has 11 heteroatoms. The molecule has 0 radical (unpaired) electrons. The highest BCUT2D eigenvalue weighted by atomic mass is 35.5. The van der Waals surface area contributed by atoms with Gasteiger partial charge in [0.15, 0.2) is 5.78 Å². The zero-order valence-electron chi connectivity index (χ0n) is 19.5. The Hall–Kier alpha value is -3.08. The van der Waals surface area contributed by atoms with Crippen LogP contribution in [0.25, 0.3) is 11.1 Å². The van der Waals surface area contributed by atoms with Crippen molar-refractivity contribution in [3.8, 4) is 16.9 Å². The van der Waals surface area contributed by atoms with Crippen molar-refractivity contribution in [2.75, 3.05) is 11.9 Å². The molecule has 36 heavy (non-hydrogen) atoms. The van der Waals surface area contributed by atoms with E-state index in [-0.39, 0.29) is 22.8 Å². The fourth-order valence-electron chi connectivity index (χ4n) is 4.14. The molecule has 7 nitrogen and oxygen atoms in total. The van der Waals surface area contributed by atoms with Gasteiger partial charge in [0.1, 0.15) is 12.0 Å². The number of amides is 1. The third kappa shape index (κ3) is 7.46. The molecule has 1 heterocycles. The van der Waals surface area contributed by atoms with Crippen molar-refractivity contribution in [3.05, 3.63) is 59.3 Å². The summed E-state index contributed by atoms with van der Waals surface area (Å²) in [4.78, 5) is 26.7. The van der Waals surface area contributed by atoms with Crippen LogP contribution in [0.3, 0.4) is 0 Å². The highest BCUT2D eigenvalue weighted by molar-refractivity contribution is 6.33. The summed E-state index contributed by atoms with van der Waals surface area (Å²) in [6.07, 6.45) is -2.95. The van der Waals surface area contributed by atoms with E-state index in [4.69, 9.17) is 17.3 Å². The Labute approximate surface area is 211 Å². The van der Waals surface area contributed by atoms with Gasteiger partial charge in [-0.25, -0.2) is 0 Å². The second kappa shape index (κ2) is 11.8. The van der Waals surface area contributed by atoms with Crippen LogP contribution in [-0.4, -0.2) is 46.9 Å².